The molecule has 0 spiro atoms. The molecular weight excluding hydrogens is 358 g/mol. The molecule has 3 aromatic rings. The van der Waals surface area contributed by atoms with Crippen molar-refractivity contribution in [3.63, 3.8) is 0 Å². The normalized spacial score (nSPS) is 16.2. The summed E-state index contributed by atoms with van der Waals surface area (Å²) in [6, 6.07) is 25.3. The molecule has 29 heavy (non-hydrogen) atoms. The lowest BCUT2D eigenvalue weighted by molar-refractivity contribution is 0.193. The molecule has 0 unspecified atom stereocenters. The fraction of sp³-hybridized carbons (Fsp3) is 0.280. The zero-order valence-corrected chi connectivity index (χ0v) is 16.6. The van der Waals surface area contributed by atoms with E-state index in [2.05, 4.69) is 58.8 Å². The van der Waals surface area contributed by atoms with Crippen molar-refractivity contribution in [1.82, 2.24) is 15.2 Å². The second-order valence-corrected chi connectivity index (χ2v) is 7.53. The Kier molecular flexibility index (Phi) is 6.20. The number of aromatic nitrogens is 1. The molecule has 0 aliphatic carbocycles. The maximum Gasteiger partial charge on any atom is 0.317 e. The highest BCUT2D eigenvalue weighted by Crippen LogP contribution is 2.32. The van der Waals surface area contributed by atoms with E-state index in [9.17, 15) is 4.79 Å². The van der Waals surface area contributed by atoms with E-state index in [0.717, 1.165) is 25.8 Å². The molecule has 0 radical (unpaired) electrons. The van der Waals surface area contributed by atoms with Crippen LogP contribution in [0.2, 0.25) is 0 Å². The van der Waals surface area contributed by atoms with Crippen LogP contribution in [0.1, 0.15) is 47.9 Å². The Labute approximate surface area is 172 Å². The third-order valence-corrected chi connectivity index (χ3v) is 5.72. The molecule has 1 fully saturated rings. The van der Waals surface area contributed by atoms with Crippen molar-refractivity contribution in [2.45, 2.75) is 31.2 Å². The Morgan fingerprint density at radius 1 is 0.966 bits per heavy atom. The lowest BCUT2D eigenvalue weighted by Gasteiger charge is -2.26. The molecule has 4 rings (SSSR count). The van der Waals surface area contributed by atoms with Crippen molar-refractivity contribution in [1.29, 1.82) is 0 Å². The van der Waals surface area contributed by atoms with Gasteiger partial charge in [0.1, 0.15) is 0 Å². The number of benzene rings is 2. The molecule has 4 heteroatoms. The van der Waals surface area contributed by atoms with Gasteiger partial charge < -0.3 is 10.2 Å². The average molecular weight is 386 g/mol. The highest BCUT2D eigenvalue weighted by molar-refractivity contribution is 5.75. The van der Waals surface area contributed by atoms with Crippen LogP contribution in [0.25, 0.3) is 0 Å². The van der Waals surface area contributed by atoms with Gasteiger partial charge in [-0.1, -0.05) is 60.7 Å². The van der Waals surface area contributed by atoms with E-state index in [1.807, 2.05) is 29.2 Å². The minimum absolute atomic E-state index is 0.0317. The zero-order valence-electron chi connectivity index (χ0n) is 16.6. The second-order valence-electron chi connectivity index (χ2n) is 7.53. The van der Waals surface area contributed by atoms with Gasteiger partial charge in [-0.3, -0.25) is 4.98 Å². The predicted octanol–water partition coefficient (Wildman–Crippen LogP) is 5.15. The van der Waals surface area contributed by atoms with Gasteiger partial charge in [-0.05, 0) is 48.1 Å². The minimum atomic E-state index is 0.0317. The first-order valence-electron chi connectivity index (χ1n) is 10.4. The number of carbonyl (C=O) groups is 1. The molecule has 2 heterocycles. The minimum Gasteiger partial charge on any atom is -0.338 e. The molecule has 1 saturated heterocycles. The number of rotatable bonds is 6. The summed E-state index contributed by atoms with van der Waals surface area (Å²) in [6.45, 7) is 1.45. The maximum absolute atomic E-state index is 12.9. The van der Waals surface area contributed by atoms with Crippen LogP contribution < -0.4 is 5.32 Å². The summed E-state index contributed by atoms with van der Waals surface area (Å²) >= 11 is 0. The lowest BCUT2D eigenvalue weighted by atomic mass is 9.88. The Hall–Kier alpha value is -3.14. The number of urea groups is 1. The third-order valence-electron chi connectivity index (χ3n) is 5.72. The van der Waals surface area contributed by atoms with Crippen molar-refractivity contribution < 1.29 is 4.79 Å². The number of pyridine rings is 1. The van der Waals surface area contributed by atoms with Crippen molar-refractivity contribution in [3.8, 4) is 0 Å². The molecule has 1 N–H and O–H groups in total. The maximum atomic E-state index is 12.9. The molecule has 1 aromatic heterocycles. The first kappa shape index (κ1) is 19.2. The fourth-order valence-electron chi connectivity index (χ4n) is 4.26. The van der Waals surface area contributed by atoms with Crippen molar-refractivity contribution >= 4 is 6.03 Å². The number of hydrogen-bond donors (Lipinski definition) is 1. The van der Waals surface area contributed by atoms with Crippen LogP contribution in [0.5, 0.6) is 0 Å². The van der Waals surface area contributed by atoms with Crippen LogP contribution in [0.4, 0.5) is 4.79 Å². The molecule has 1 atom stereocenters. The Morgan fingerprint density at radius 3 is 2.21 bits per heavy atom. The molecule has 2 aromatic carbocycles. The molecule has 1 aliphatic rings. The van der Waals surface area contributed by atoms with Crippen LogP contribution in [0.15, 0.2) is 85.2 Å². The second kappa shape index (κ2) is 9.37. The SMILES string of the molecule is O=C(NCCC(c1ccccc1)c1ccccc1)N1CCC[C@@H]1c1ccncc1. The molecule has 4 nitrogen and oxygen atoms in total. The number of amides is 2. The van der Waals surface area contributed by atoms with Crippen molar-refractivity contribution in [2.24, 2.45) is 0 Å². The van der Waals surface area contributed by atoms with E-state index in [0.29, 0.717) is 6.54 Å². The monoisotopic (exact) mass is 385 g/mol. The topological polar surface area (TPSA) is 45.2 Å². The summed E-state index contributed by atoms with van der Waals surface area (Å²) in [5, 5.41) is 3.17. The molecule has 148 valence electrons. The van der Waals surface area contributed by atoms with Gasteiger partial charge in [-0.15, -0.1) is 0 Å². The summed E-state index contributed by atoms with van der Waals surface area (Å²) in [5.41, 5.74) is 3.73. The molecular formula is C25H27N3O. The van der Waals surface area contributed by atoms with E-state index >= 15 is 0 Å². The Morgan fingerprint density at radius 2 is 1.59 bits per heavy atom. The van der Waals surface area contributed by atoms with Gasteiger partial charge >= 0.3 is 6.03 Å². The van der Waals surface area contributed by atoms with E-state index in [4.69, 9.17) is 0 Å². The van der Waals surface area contributed by atoms with Crippen molar-refractivity contribution in [3.05, 3.63) is 102 Å². The van der Waals surface area contributed by atoms with Gasteiger partial charge in [0.2, 0.25) is 0 Å². The largest absolute Gasteiger partial charge is 0.338 e. The number of carbonyl (C=O) groups excluding carboxylic acids is 1. The summed E-state index contributed by atoms with van der Waals surface area (Å²) in [6.07, 6.45) is 6.51. The van der Waals surface area contributed by atoms with E-state index in [1.165, 1.54) is 16.7 Å². The Bertz CT molecular complexity index is 860. The zero-order chi connectivity index (χ0) is 19.9. The average Bonchev–Trinajstić information content (AvgIpc) is 3.29. The number of nitrogens with zero attached hydrogens (tertiary/aromatic N) is 2. The number of hydrogen-bond acceptors (Lipinski definition) is 2. The summed E-state index contributed by atoms with van der Waals surface area (Å²) in [4.78, 5) is 18.9. The number of likely N-dealkylation sites (tertiary alicyclic amines) is 1. The predicted molar refractivity (Wildman–Crippen MR) is 116 cm³/mol. The smallest absolute Gasteiger partial charge is 0.317 e. The summed E-state index contributed by atoms with van der Waals surface area (Å²) in [5.74, 6) is 0.271. The lowest BCUT2D eigenvalue weighted by Crippen LogP contribution is -2.40. The first-order valence-corrected chi connectivity index (χ1v) is 10.4. The first-order chi connectivity index (χ1) is 14.3. The highest BCUT2D eigenvalue weighted by atomic mass is 16.2. The fourth-order valence-corrected chi connectivity index (χ4v) is 4.26. The van der Waals surface area contributed by atoms with Gasteiger partial charge in [0.25, 0.3) is 0 Å². The quantitative estimate of drug-likeness (QED) is 0.638. The highest BCUT2D eigenvalue weighted by Gasteiger charge is 2.29. The van der Waals surface area contributed by atoms with Gasteiger partial charge in [0.15, 0.2) is 0 Å². The van der Waals surface area contributed by atoms with Crippen LogP contribution >= 0.6 is 0 Å². The van der Waals surface area contributed by atoms with Gasteiger partial charge in [-0.2, -0.15) is 0 Å². The third kappa shape index (κ3) is 4.65. The number of nitrogens with one attached hydrogen (secondary N) is 1. The van der Waals surface area contributed by atoms with Gasteiger partial charge in [-0.25, -0.2) is 4.79 Å². The van der Waals surface area contributed by atoms with E-state index < -0.39 is 0 Å². The molecule has 1 aliphatic heterocycles. The van der Waals surface area contributed by atoms with Crippen molar-refractivity contribution in [2.75, 3.05) is 13.1 Å². The van der Waals surface area contributed by atoms with Crippen LogP contribution in [-0.2, 0) is 0 Å². The van der Waals surface area contributed by atoms with E-state index in [1.54, 1.807) is 12.4 Å². The molecule has 0 saturated carbocycles. The van der Waals surface area contributed by atoms with Gasteiger partial charge in [0.05, 0.1) is 6.04 Å². The van der Waals surface area contributed by atoms with Crippen LogP contribution in [0.3, 0.4) is 0 Å². The van der Waals surface area contributed by atoms with Crippen LogP contribution in [-0.4, -0.2) is 29.0 Å². The standard InChI is InChI=1S/C25H27N3O/c29-25(28-19-7-12-24(28)22-13-16-26-17-14-22)27-18-15-23(20-8-3-1-4-9-20)21-10-5-2-6-11-21/h1-6,8-11,13-14,16-17,23-24H,7,12,15,18-19H2,(H,27,29)/t24-/m1/s1. The molecule has 2 amide bonds. The van der Waals surface area contributed by atoms with Crippen LogP contribution in [0, 0.1) is 0 Å². The summed E-state index contributed by atoms with van der Waals surface area (Å²) < 4.78 is 0. The molecule has 0 bridgehead atoms. The summed E-state index contributed by atoms with van der Waals surface area (Å²) in [7, 11) is 0. The van der Waals surface area contributed by atoms with Gasteiger partial charge in [0, 0.05) is 31.4 Å². The Balaban J connectivity index is 1.40. The van der Waals surface area contributed by atoms with E-state index in [-0.39, 0.29) is 18.0 Å².